The third-order valence-electron chi connectivity index (χ3n) is 13.8. The molecule has 0 fully saturated rings. The first-order valence-electron chi connectivity index (χ1n) is 26.8. The van der Waals surface area contributed by atoms with E-state index in [0.717, 1.165) is 46.3 Å². The summed E-state index contributed by atoms with van der Waals surface area (Å²) in [6.07, 6.45) is 1.64. The number of nitrogen functional groups attached to an aromatic ring is 3. The molecule has 0 saturated heterocycles. The molecule has 2 aliphatic rings. The zero-order valence-electron chi connectivity index (χ0n) is 46.7. The van der Waals surface area contributed by atoms with Gasteiger partial charge in [0.05, 0.1) is 75.5 Å². The largest absolute Gasteiger partial charge is 0.492 e. The van der Waals surface area contributed by atoms with Crippen molar-refractivity contribution in [1.82, 2.24) is 40.0 Å². The van der Waals surface area contributed by atoms with Crippen LogP contribution in [0.15, 0.2) is 109 Å². The zero-order valence-corrected chi connectivity index (χ0v) is 46.7. The lowest BCUT2D eigenvalue weighted by Crippen LogP contribution is -2.23. The lowest BCUT2D eigenvalue weighted by atomic mass is 10.1. The average Bonchev–Trinajstić information content (AvgIpc) is 4.46. The highest BCUT2D eigenvalue weighted by Gasteiger charge is 2.27. The Labute approximate surface area is 481 Å². The number of hydrogen-bond acceptors (Lipinski definition) is 14. The minimum Gasteiger partial charge on any atom is -0.492 e. The van der Waals surface area contributed by atoms with Gasteiger partial charge in [0, 0.05) is 32.5 Å². The topological polar surface area (TPSA) is 363 Å². The van der Waals surface area contributed by atoms with Gasteiger partial charge in [-0.2, -0.15) is 15.3 Å². The maximum absolute atomic E-state index is 12.6. The van der Waals surface area contributed by atoms with E-state index in [1.54, 1.807) is 12.1 Å². The van der Waals surface area contributed by atoms with E-state index < -0.39 is 17.7 Å². The van der Waals surface area contributed by atoms with E-state index in [4.69, 9.17) is 49.6 Å². The first-order valence-corrected chi connectivity index (χ1v) is 26.8. The SMILES string of the molecule is C.CC(C)c1nn(-c2ccc(CN)cc2)c(C(N)=O)c1N.CC(C)c1nn(-c2ccc(CNC(=O)c3cccc4c3OCC4)cc2)c(C(N)=O)c1N.CC(C)c1nn(-c2ccc(CNC(=O)c3cccc4c3OCC4)cc2)c(C(N)=O)c1N. The highest BCUT2D eigenvalue weighted by molar-refractivity contribution is 6.00. The second-order valence-corrected chi connectivity index (χ2v) is 20.6. The summed E-state index contributed by atoms with van der Waals surface area (Å²) in [5, 5.41) is 19.2. The number of ether oxygens (including phenoxy) is 2. The van der Waals surface area contributed by atoms with Gasteiger partial charge in [0.1, 0.15) is 11.5 Å². The van der Waals surface area contributed by atoms with Gasteiger partial charge in [-0.3, -0.25) is 24.0 Å². The van der Waals surface area contributed by atoms with Crippen LogP contribution in [0.2, 0.25) is 0 Å². The molecule has 22 heteroatoms. The van der Waals surface area contributed by atoms with E-state index in [2.05, 4.69) is 25.9 Å². The molecule has 83 heavy (non-hydrogen) atoms. The highest BCUT2D eigenvalue weighted by Crippen LogP contribution is 2.33. The van der Waals surface area contributed by atoms with E-state index >= 15 is 0 Å². The van der Waals surface area contributed by atoms with Gasteiger partial charge in [0.25, 0.3) is 29.5 Å². The summed E-state index contributed by atoms with van der Waals surface area (Å²) in [5.74, 6) is -0.660. The molecule has 8 aromatic rings. The van der Waals surface area contributed by atoms with Crippen molar-refractivity contribution >= 4 is 46.6 Å². The second-order valence-electron chi connectivity index (χ2n) is 20.6. The smallest absolute Gasteiger partial charge is 0.269 e. The molecule has 5 aromatic carbocycles. The number of fused-ring (bicyclic) bond motifs is 2. The number of amides is 5. The Bertz CT molecular complexity index is 3490. The van der Waals surface area contributed by atoms with E-state index in [0.29, 0.717) is 101 Å². The molecular weight excluding hydrogens is 1050 g/mol. The number of para-hydroxylation sites is 2. The number of carbonyl (C=O) groups is 5. The van der Waals surface area contributed by atoms with Crippen LogP contribution in [-0.4, -0.2) is 72.1 Å². The number of primary amides is 3. The van der Waals surface area contributed by atoms with Gasteiger partial charge in [-0.15, -0.1) is 0 Å². The Morgan fingerprint density at radius 1 is 0.482 bits per heavy atom. The molecule has 0 aliphatic carbocycles. The fourth-order valence-corrected chi connectivity index (χ4v) is 9.52. The minimum atomic E-state index is -0.633. The molecule has 5 heterocycles. The molecule has 5 amide bonds. The van der Waals surface area contributed by atoms with E-state index in [-0.39, 0.29) is 54.1 Å². The fourth-order valence-electron chi connectivity index (χ4n) is 9.52. The molecule has 0 spiro atoms. The quantitative estimate of drug-likeness (QED) is 0.0478. The van der Waals surface area contributed by atoms with Gasteiger partial charge in [0.2, 0.25) is 0 Å². The molecule has 434 valence electrons. The van der Waals surface area contributed by atoms with Crippen LogP contribution in [-0.2, 0) is 32.5 Å². The van der Waals surface area contributed by atoms with Gasteiger partial charge in [-0.1, -0.05) is 110 Å². The molecular formula is C61H73N15O7. The maximum Gasteiger partial charge on any atom is 0.269 e. The number of rotatable bonds is 16. The number of carbonyl (C=O) groups excluding carboxylic acids is 5. The normalized spacial score (nSPS) is 12.0. The van der Waals surface area contributed by atoms with Crippen LogP contribution >= 0.6 is 0 Å². The lowest BCUT2D eigenvalue weighted by Gasteiger charge is -2.10. The Hall–Kier alpha value is -9.96. The first-order chi connectivity index (χ1) is 39.2. The standard InChI is InChI=1S/2C23H25N5O3.C14H19N5O.CH4/c2*1-13(2)19-18(24)20(22(25)29)28(27-19)16-8-6-14(7-9-16)12-26-23(30)17-5-3-4-15-10-11-31-21(15)17;1-8(2)12-11(16)13(14(17)20)19(18-12)10-5-3-9(7-15)4-6-10;/h2*3-9,13H,10-12,24H2,1-2H3,(H2,25,29)(H,26,30);3-6,8H,7,15-16H2,1-2H3,(H2,17,20);1H4. The third-order valence-corrected chi connectivity index (χ3v) is 13.8. The Balaban J connectivity index is 0.000000183. The van der Waals surface area contributed by atoms with E-state index in [9.17, 15) is 24.0 Å². The first kappa shape index (κ1) is 60.7. The lowest BCUT2D eigenvalue weighted by molar-refractivity contribution is 0.0939. The molecule has 16 N–H and O–H groups in total. The number of benzene rings is 5. The van der Waals surface area contributed by atoms with E-state index in [1.807, 2.05) is 139 Å². The summed E-state index contributed by atoms with van der Waals surface area (Å²) in [4.78, 5) is 60.7. The summed E-state index contributed by atoms with van der Waals surface area (Å²) in [6, 6.07) is 33.4. The van der Waals surface area contributed by atoms with Crippen molar-refractivity contribution in [3.8, 4) is 28.6 Å². The van der Waals surface area contributed by atoms with Crippen LogP contribution in [0.1, 0.15) is 164 Å². The number of nitrogens with one attached hydrogen (secondary N) is 2. The maximum atomic E-state index is 12.6. The molecule has 0 unspecified atom stereocenters. The minimum absolute atomic E-state index is 0. The summed E-state index contributed by atoms with van der Waals surface area (Å²) in [6.45, 7) is 14.1. The summed E-state index contributed by atoms with van der Waals surface area (Å²) in [7, 11) is 0. The van der Waals surface area contributed by atoms with Crippen molar-refractivity contribution in [2.45, 2.75) is 99.2 Å². The van der Waals surface area contributed by atoms with E-state index in [1.165, 1.54) is 14.0 Å². The molecule has 22 nitrogen and oxygen atoms in total. The number of aromatic nitrogens is 6. The molecule has 0 atom stereocenters. The third kappa shape index (κ3) is 13.1. The fraction of sp³-hybridized carbons (Fsp3) is 0.279. The average molecular weight is 1130 g/mol. The molecule has 10 rings (SSSR count). The molecule has 0 saturated carbocycles. The van der Waals surface area contributed by atoms with Gasteiger partial charge >= 0.3 is 0 Å². The Morgan fingerprint density at radius 3 is 1.06 bits per heavy atom. The Kier molecular flexibility index (Phi) is 19.1. The Morgan fingerprint density at radius 2 is 0.783 bits per heavy atom. The van der Waals surface area contributed by atoms with Crippen molar-refractivity contribution in [2.24, 2.45) is 22.9 Å². The van der Waals surface area contributed by atoms with Gasteiger partial charge < -0.3 is 60.2 Å². The van der Waals surface area contributed by atoms with Crippen molar-refractivity contribution < 1.29 is 33.4 Å². The molecule has 0 bridgehead atoms. The van der Waals surface area contributed by atoms with Crippen LogP contribution in [0, 0.1) is 0 Å². The van der Waals surface area contributed by atoms with Crippen LogP contribution in [0.4, 0.5) is 17.1 Å². The highest BCUT2D eigenvalue weighted by atomic mass is 16.5. The number of nitrogens with zero attached hydrogens (tertiary/aromatic N) is 6. The van der Waals surface area contributed by atoms with Crippen molar-refractivity contribution in [3.05, 3.63) is 182 Å². The second kappa shape index (κ2) is 26.1. The van der Waals surface area contributed by atoms with Crippen LogP contribution in [0.3, 0.4) is 0 Å². The van der Waals surface area contributed by atoms with Crippen molar-refractivity contribution in [1.29, 1.82) is 0 Å². The predicted molar refractivity (Wildman–Crippen MR) is 320 cm³/mol. The molecule has 3 aromatic heterocycles. The van der Waals surface area contributed by atoms with Crippen molar-refractivity contribution in [2.75, 3.05) is 30.4 Å². The monoisotopic (exact) mass is 1130 g/mol. The predicted octanol–water partition coefficient (Wildman–Crippen LogP) is 6.86. The summed E-state index contributed by atoms with van der Waals surface area (Å²) in [5.41, 5.74) is 51.8. The van der Waals surface area contributed by atoms with Crippen LogP contribution in [0.25, 0.3) is 17.1 Å². The van der Waals surface area contributed by atoms with Crippen molar-refractivity contribution in [3.63, 3.8) is 0 Å². The molecule has 0 radical (unpaired) electrons. The van der Waals surface area contributed by atoms with Gasteiger partial charge in [0.15, 0.2) is 17.1 Å². The number of hydrogen-bond donors (Lipinski definition) is 9. The molecule has 2 aliphatic heterocycles. The zero-order chi connectivity index (χ0) is 59.1. The van der Waals surface area contributed by atoms with Gasteiger partial charge in [-0.05, 0) is 94.1 Å². The summed E-state index contributed by atoms with van der Waals surface area (Å²) >= 11 is 0. The van der Waals surface area contributed by atoms with Gasteiger partial charge in [-0.25, -0.2) is 14.0 Å². The number of anilines is 3. The number of nitrogens with two attached hydrogens (primary N) is 7. The van der Waals surface area contributed by atoms with Crippen LogP contribution < -0.4 is 60.2 Å². The van der Waals surface area contributed by atoms with Crippen LogP contribution in [0.5, 0.6) is 11.5 Å². The summed E-state index contributed by atoms with van der Waals surface area (Å²) < 4.78 is 15.7.